The fourth-order valence-electron chi connectivity index (χ4n) is 2.15. The lowest BCUT2D eigenvalue weighted by atomic mass is 9.49. The molecule has 1 heterocycles. The minimum absolute atomic E-state index is 0.171. The number of methoxy groups -OCH3 is 1. The van der Waals surface area contributed by atoms with Crippen molar-refractivity contribution in [1.82, 2.24) is 9.55 Å². The number of nitrogens with zero attached hydrogens (tertiary/aromatic N) is 2. The number of esters is 1. The van der Waals surface area contributed by atoms with Gasteiger partial charge >= 0.3 is 12.1 Å². The number of rotatable bonds is 5. The molecule has 0 bridgehead atoms. The molecular formula is C15H11B3BrF3N2O3. The van der Waals surface area contributed by atoms with Crippen LogP contribution in [0.2, 0.25) is 0 Å². The molecule has 1 atom stereocenters. The Morgan fingerprint density at radius 2 is 1.93 bits per heavy atom. The molecule has 0 amide bonds. The van der Waals surface area contributed by atoms with E-state index in [9.17, 15) is 18.0 Å². The minimum atomic E-state index is -4.72. The van der Waals surface area contributed by atoms with Gasteiger partial charge in [0, 0.05) is 11.8 Å². The molecule has 6 radical (unpaired) electrons. The van der Waals surface area contributed by atoms with Crippen molar-refractivity contribution in [2.75, 3.05) is 7.11 Å². The van der Waals surface area contributed by atoms with Crippen molar-refractivity contribution in [2.45, 2.75) is 24.4 Å². The Labute approximate surface area is 166 Å². The summed E-state index contributed by atoms with van der Waals surface area (Å²) < 4.78 is 50.5. The van der Waals surface area contributed by atoms with Gasteiger partial charge in [-0.25, -0.2) is 9.78 Å². The lowest BCUT2D eigenvalue weighted by Crippen LogP contribution is -2.35. The smallest absolute Gasteiger partial charge is 0.434 e. The molecule has 5 nitrogen and oxygen atoms in total. The maximum Gasteiger partial charge on any atom is 0.434 e. The van der Waals surface area contributed by atoms with E-state index in [1.54, 1.807) is 0 Å². The number of imidazole rings is 1. The summed E-state index contributed by atoms with van der Waals surface area (Å²) in [6.45, 7) is 1.46. The highest BCUT2D eigenvalue weighted by Gasteiger charge is 2.36. The zero-order chi connectivity index (χ0) is 20.6. The largest absolute Gasteiger partial charge is 0.478 e. The molecule has 0 saturated heterocycles. The van der Waals surface area contributed by atoms with Gasteiger partial charge in [0.05, 0.1) is 35.1 Å². The molecule has 1 unspecified atom stereocenters. The van der Waals surface area contributed by atoms with Crippen LogP contribution in [0, 0.1) is 0 Å². The van der Waals surface area contributed by atoms with Crippen molar-refractivity contribution in [3.8, 4) is 17.1 Å². The van der Waals surface area contributed by atoms with Gasteiger partial charge in [0.15, 0.2) is 11.8 Å². The highest BCUT2D eigenvalue weighted by Crippen LogP contribution is 2.35. The van der Waals surface area contributed by atoms with Crippen LogP contribution in [0.3, 0.4) is 0 Å². The van der Waals surface area contributed by atoms with E-state index >= 15 is 0 Å². The third-order valence-corrected chi connectivity index (χ3v) is 4.09. The lowest BCUT2D eigenvalue weighted by Gasteiger charge is -2.25. The summed E-state index contributed by atoms with van der Waals surface area (Å²) in [4.78, 5) is 15.1. The quantitative estimate of drug-likeness (QED) is 0.533. The second kappa shape index (κ2) is 7.65. The van der Waals surface area contributed by atoms with Gasteiger partial charge in [-0.1, -0.05) is 5.24 Å². The number of aromatic nitrogens is 2. The number of ether oxygens (including phenoxy) is 2. The second-order valence-corrected chi connectivity index (χ2v) is 6.49. The number of hydrogen-bond acceptors (Lipinski definition) is 4. The van der Waals surface area contributed by atoms with E-state index in [0.29, 0.717) is 10.7 Å². The monoisotopic (exact) mass is 436 g/mol. The van der Waals surface area contributed by atoms with Crippen LogP contribution in [-0.2, 0) is 20.9 Å². The molecule has 27 heavy (non-hydrogen) atoms. The van der Waals surface area contributed by atoms with Crippen LogP contribution in [0.25, 0.3) is 11.4 Å². The summed E-state index contributed by atoms with van der Waals surface area (Å²) in [5.41, 5.74) is -1.02. The number of hydrogen-bond donors (Lipinski definition) is 0. The topological polar surface area (TPSA) is 53.4 Å². The van der Waals surface area contributed by atoms with Crippen LogP contribution in [0.1, 0.15) is 12.6 Å². The van der Waals surface area contributed by atoms with Crippen molar-refractivity contribution < 1.29 is 27.4 Å². The molecule has 0 N–H and O–H groups in total. The van der Waals surface area contributed by atoms with Crippen LogP contribution >= 0.6 is 15.9 Å². The van der Waals surface area contributed by atoms with Crippen molar-refractivity contribution in [2.24, 2.45) is 0 Å². The molecule has 1 aromatic heterocycles. The van der Waals surface area contributed by atoms with Gasteiger partial charge in [-0.2, -0.15) is 13.2 Å². The first-order valence-corrected chi connectivity index (χ1v) is 8.22. The molecule has 2 rings (SSSR count). The highest BCUT2D eigenvalue weighted by molar-refractivity contribution is 9.10. The first-order valence-electron chi connectivity index (χ1n) is 7.42. The molecule has 0 saturated carbocycles. The first kappa shape index (κ1) is 21.5. The number of carbonyl (C=O) groups is 1. The average Bonchev–Trinajstić information content (AvgIpc) is 3.02. The number of benzene rings is 1. The summed E-state index contributed by atoms with van der Waals surface area (Å²) in [6.07, 6.45) is -5.06. The van der Waals surface area contributed by atoms with Crippen molar-refractivity contribution >= 4 is 45.4 Å². The maximum absolute atomic E-state index is 13.0. The molecule has 2 aromatic rings. The van der Waals surface area contributed by atoms with Gasteiger partial charge < -0.3 is 14.0 Å². The van der Waals surface area contributed by atoms with Gasteiger partial charge in [0.25, 0.3) is 0 Å². The fraction of sp³-hybridized carbons (Fsp3) is 0.333. The van der Waals surface area contributed by atoms with Gasteiger partial charge in [0.1, 0.15) is 11.6 Å². The van der Waals surface area contributed by atoms with Crippen LogP contribution in [0.4, 0.5) is 13.2 Å². The van der Waals surface area contributed by atoms with Gasteiger partial charge in [-0.15, -0.1) is 0 Å². The zero-order valence-corrected chi connectivity index (χ0v) is 15.8. The lowest BCUT2D eigenvalue weighted by molar-refractivity contribution is -0.148. The Morgan fingerprint density at radius 3 is 2.44 bits per heavy atom. The summed E-state index contributed by atoms with van der Waals surface area (Å²) in [6, 6.07) is 4.34. The summed E-state index contributed by atoms with van der Waals surface area (Å²) >= 11 is 3.24. The first-order chi connectivity index (χ1) is 12.3. The Hall–Kier alpha value is -1.84. The Bertz CT molecular complexity index is 853. The van der Waals surface area contributed by atoms with E-state index < -0.39 is 29.2 Å². The van der Waals surface area contributed by atoms with Crippen LogP contribution in [-0.4, -0.2) is 52.3 Å². The van der Waals surface area contributed by atoms with E-state index in [4.69, 9.17) is 28.3 Å². The van der Waals surface area contributed by atoms with Crippen LogP contribution < -0.4 is 4.74 Å². The molecule has 136 valence electrons. The zero-order valence-electron chi connectivity index (χ0n) is 14.2. The fourth-order valence-corrected chi connectivity index (χ4v) is 2.49. The maximum atomic E-state index is 13.0. The Morgan fingerprint density at radius 1 is 1.30 bits per heavy atom. The van der Waals surface area contributed by atoms with Crippen molar-refractivity contribution in [1.29, 1.82) is 0 Å². The second-order valence-electron chi connectivity index (χ2n) is 5.63. The van der Waals surface area contributed by atoms with E-state index in [0.717, 1.165) is 4.57 Å². The summed E-state index contributed by atoms with van der Waals surface area (Å²) in [5.74, 6) is -0.680. The van der Waals surface area contributed by atoms with E-state index in [2.05, 4.69) is 25.7 Å². The van der Waals surface area contributed by atoms with Crippen LogP contribution in [0.15, 0.2) is 28.9 Å². The van der Waals surface area contributed by atoms with Crippen molar-refractivity contribution in [3.05, 3.63) is 34.6 Å². The average molecular weight is 437 g/mol. The molecule has 0 spiro atoms. The molecule has 0 fully saturated rings. The van der Waals surface area contributed by atoms with Crippen molar-refractivity contribution in [3.63, 3.8) is 0 Å². The highest BCUT2D eigenvalue weighted by atomic mass is 79.9. The number of carbonyl (C=O) groups excluding carboxylic acids is 1. The van der Waals surface area contributed by atoms with Gasteiger partial charge in [0.2, 0.25) is 0 Å². The standard InChI is InChI=1S/C15H11B3BrF3N2O3/c1-7(13(25)26-2)27-10-5-8(3-4-9(10)19)12-23-11(14(20,21)22)6-24(12)15(16,17)18/h3-7H,1-2H3. The van der Waals surface area contributed by atoms with Gasteiger partial charge in [-0.3, -0.25) is 0 Å². The number of halogens is 4. The Balaban J connectivity index is 2.54. The number of alkyl halides is 3. The van der Waals surface area contributed by atoms with E-state index in [-0.39, 0.29) is 17.1 Å². The molecule has 0 aliphatic rings. The van der Waals surface area contributed by atoms with E-state index in [1.165, 1.54) is 32.2 Å². The summed E-state index contributed by atoms with van der Waals surface area (Å²) in [7, 11) is 17.9. The molecule has 0 aliphatic heterocycles. The Kier molecular flexibility index (Phi) is 6.08. The molecule has 12 heteroatoms. The van der Waals surface area contributed by atoms with Gasteiger partial charge in [-0.05, 0) is 41.1 Å². The normalized spacial score (nSPS) is 13.3. The molecule has 1 aromatic carbocycles. The van der Waals surface area contributed by atoms with E-state index in [1.807, 2.05) is 0 Å². The molecular weight excluding hydrogens is 426 g/mol. The molecule has 0 aliphatic carbocycles. The third kappa shape index (κ3) is 4.91. The SMILES string of the molecule is [B]C([B])([B])n1cc(C(F)(F)F)nc1-c1ccc(Br)c(OC(C)C(=O)OC)c1. The van der Waals surface area contributed by atoms with Crippen LogP contribution in [0.5, 0.6) is 5.75 Å². The predicted molar refractivity (Wildman–Crippen MR) is 97.7 cm³/mol. The minimum Gasteiger partial charge on any atom is -0.478 e. The summed E-state index contributed by atoms with van der Waals surface area (Å²) in [5, 5.41) is -2.13. The predicted octanol–water partition coefficient (Wildman–Crippen LogP) is 2.34. The third-order valence-electron chi connectivity index (χ3n) is 3.44.